The average molecular weight is 249 g/mol. The van der Waals surface area contributed by atoms with E-state index in [0.717, 1.165) is 5.69 Å². The molecule has 6 heteroatoms. The van der Waals surface area contributed by atoms with E-state index < -0.39 is 0 Å². The number of nitrogens with zero attached hydrogens (tertiary/aromatic N) is 3. The third kappa shape index (κ3) is 2.84. The van der Waals surface area contributed by atoms with Crippen molar-refractivity contribution in [3.05, 3.63) is 35.7 Å². The average Bonchev–Trinajstić information content (AvgIpc) is 2.86. The van der Waals surface area contributed by atoms with Gasteiger partial charge in [0.25, 0.3) is 5.89 Å². The third-order valence-electron chi connectivity index (χ3n) is 2.51. The topological polar surface area (TPSA) is 70.3 Å². The molecule has 0 bridgehead atoms. The molecule has 0 saturated heterocycles. The Bertz CT molecular complexity index is 513. The first kappa shape index (κ1) is 12.5. The van der Waals surface area contributed by atoms with E-state index in [2.05, 4.69) is 15.1 Å². The van der Waals surface area contributed by atoms with E-state index in [1.165, 1.54) is 0 Å². The molecule has 2 aromatic heterocycles. The standard InChI is InChI=1S/C12H15N3O3/c1-8-10(5-4-6-13-8)17-7-11-14-12(15-18-11)9(2)16-3/h4-6,9H,7H2,1-3H3/t9-/m1/s1. The number of hydrogen-bond acceptors (Lipinski definition) is 6. The van der Waals surface area contributed by atoms with E-state index in [-0.39, 0.29) is 12.7 Å². The molecule has 2 rings (SSSR count). The second-order valence-electron chi connectivity index (χ2n) is 3.80. The van der Waals surface area contributed by atoms with Gasteiger partial charge in [-0.3, -0.25) is 4.98 Å². The molecule has 0 unspecified atom stereocenters. The maximum absolute atomic E-state index is 5.55. The van der Waals surface area contributed by atoms with E-state index in [4.69, 9.17) is 14.0 Å². The number of rotatable bonds is 5. The summed E-state index contributed by atoms with van der Waals surface area (Å²) in [7, 11) is 1.59. The molecule has 0 amide bonds. The lowest BCUT2D eigenvalue weighted by Crippen LogP contribution is -2.00. The van der Waals surface area contributed by atoms with Crippen LogP contribution in [0.4, 0.5) is 0 Å². The molecule has 0 spiro atoms. The van der Waals surface area contributed by atoms with Crippen molar-refractivity contribution in [1.29, 1.82) is 0 Å². The molecule has 0 aliphatic rings. The van der Waals surface area contributed by atoms with Gasteiger partial charge in [0.1, 0.15) is 11.9 Å². The number of hydrogen-bond donors (Lipinski definition) is 0. The predicted octanol–water partition coefficient (Wildman–Crippen LogP) is 2.06. The van der Waals surface area contributed by atoms with Crippen molar-refractivity contribution in [3.8, 4) is 5.75 Å². The first-order valence-corrected chi connectivity index (χ1v) is 5.60. The Morgan fingerprint density at radius 3 is 3.00 bits per heavy atom. The predicted molar refractivity (Wildman–Crippen MR) is 63.0 cm³/mol. The van der Waals surface area contributed by atoms with Crippen LogP contribution in [-0.4, -0.2) is 22.2 Å². The Morgan fingerprint density at radius 1 is 1.44 bits per heavy atom. The zero-order chi connectivity index (χ0) is 13.0. The van der Waals surface area contributed by atoms with Crippen LogP contribution in [0.5, 0.6) is 5.75 Å². The summed E-state index contributed by atoms with van der Waals surface area (Å²) >= 11 is 0. The fourth-order valence-electron chi connectivity index (χ4n) is 1.36. The number of aromatic nitrogens is 3. The van der Waals surface area contributed by atoms with Gasteiger partial charge < -0.3 is 14.0 Å². The Balaban J connectivity index is 1.98. The second-order valence-corrected chi connectivity index (χ2v) is 3.80. The van der Waals surface area contributed by atoms with Gasteiger partial charge in [-0.25, -0.2) is 0 Å². The fourth-order valence-corrected chi connectivity index (χ4v) is 1.36. The highest BCUT2D eigenvalue weighted by molar-refractivity contribution is 5.25. The molecule has 2 aromatic rings. The first-order chi connectivity index (χ1) is 8.70. The lowest BCUT2D eigenvalue weighted by atomic mass is 10.3. The molecular formula is C12H15N3O3. The Hall–Kier alpha value is -1.95. The number of ether oxygens (including phenoxy) is 2. The first-order valence-electron chi connectivity index (χ1n) is 5.60. The smallest absolute Gasteiger partial charge is 0.264 e. The van der Waals surface area contributed by atoms with E-state index in [0.29, 0.717) is 17.5 Å². The summed E-state index contributed by atoms with van der Waals surface area (Å²) < 4.78 is 15.7. The molecule has 0 radical (unpaired) electrons. The van der Waals surface area contributed by atoms with Crippen LogP contribution in [0, 0.1) is 6.92 Å². The van der Waals surface area contributed by atoms with Crippen LogP contribution in [0.25, 0.3) is 0 Å². The summed E-state index contributed by atoms with van der Waals surface area (Å²) in [4.78, 5) is 8.30. The lowest BCUT2D eigenvalue weighted by Gasteiger charge is -2.04. The maximum atomic E-state index is 5.55. The second kappa shape index (κ2) is 5.59. The maximum Gasteiger partial charge on any atom is 0.264 e. The van der Waals surface area contributed by atoms with Gasteiger partial charge in [-0.05, 0) is 26.0 Å². The quantitative estimate of drug-likeness (QED) is 0.807. The van der Waals surface area contributed by atoms with Crippen molar-refractivity contribution >= 4 is 0 Å². The van der Waals surface area contributed by atoms with Crippen LogP contribution in [0.15, 0.2) is 22.9 Å². The summed E-state index contributed by atoms with van der Waals surface area (Å²) in [5, 5.41) is 3.81. The molecule has 0 aliphatic heterocycles. The number of pyridine rings is 1. The van der Waals surface area contributed by atoms with Crippen LogP contribution in [-0.2, 0) is 11.3 Å². The van der Waals surface area contributed by atoms with Gasteiger partial charge in [-0.1, -0.05) is 5.16 Å². The highest BCUT2D eigenvalue weighted by Crippen LogP contribution is 2.16. The molecule has 1 atom stereocenters. The van der Waals surface area contributed by atoms with Crippen LogP contribution >= 0.6 is 0 Å². The van der Waals surface area contributed by atoms with Crippen LogP contribution in [0.3, 0.4) is 0 Å². The summed E-state index contributed by atoms with van der Waals surface area (Å²) in [6.45, 7) is 3.94. The van der Waals surface area contributed by atoms with Gasteiger partial charge in [0, 0.05) is 13.3 Å². The van der Waals surface area contributed by atoms with Crippen molar-refractivity contribution in [3.63, 3.8) is 0 Å². The van der Waals surface area contributed by atoms with Crippen molar-refractivity contribution in [2.75, 3.05) is 7.11 Å². The van der Waals surface area contributed by atoms with Gasteiger partial charge in [-0.15, -0.1) is 0 Å². The summed E-state index contributed by atoms with van der Waals surface area (Å²) in [5.74, 6) is 1.63. The van der Waals surface area contributed by atoms with Gasteiger partial charge in [0.05, 0.1) is 5.69 Å². The van der Waals surface area contributed by atoms with Crippen LogP contribution in [0.1, 0.15) is 30.4 Å². The van der Waals surface area contributed by atoms with E-state index in [9.17, 15) is 0 Å². The molecule has 0 aliphatic carbocycles. The molecule has 0 N–H and O–H groups in total. The summed E-state index contributed by atoms with van der Waals surface area (Å²) in [6.07, 6.45) is 1.52. The SMILES string of the molecule is CO[C@H](C)c1noc(COc2cccnc2C)n1. The largest absolute Gasteiger partial charge is 0.482 e. The number of aryl methyl sites for hydroxylation is 1. The zero-order valence-corrected chi connectivity index (χ0v) is 10.6. The normalized spacial score (nSPS) is 12.4. The van der Waals surface area contributed by atoms with Crippen molar-refractivity contribution in [2.24, 2.45) is 0 Å². The van der Waals surface area contributed by atoms with E-state index >= 15 is 0 Å². The minimum Gasteiger partial charge on any atom is -0.482 e. The molecule has 96 valence electrons. The van der Waals surface area contributed by atoms with Gasteiger partial charge in [0.15, 0.2) is 12.4 Å². The Kier molecular flexibility index (Phi) is 3.88. The lowest BCUT2D eigenvalue weighted by molar-refractivity contribution is 0.109. The molecule has 6 nitrogen and oxygen atoms in total. The Morgan fingerprint density at radius 2 is 2.28 bits per heavy atom. The minimum absolute atomic E-state index is 0.192. The monoisotopic (exact) mass is 249 g/mol. The van der Waals surface area contributed by atoms with Crippen molar-refractivity contribution < 1.29 is 14.0 Å². The molecule has 2 heterocycles. The zero-order valence-electron chi connectivity index (χ0n) is 10.6. The van der Waals surface area contributed by atoms with Crippen molar-refractivity contribution in [1.82, 2.24) is 15.1 Å². The highest BCUT2D eigenvalue weighted by atomic mass is 16.5. The van der Waals surface area contributed by atoms with Gasteiger partial charge >= 0.3 is 0 Å². The van der Waals surface area contributed by atoms with E-state index in [1.54, 1.807) is 13.3 Å². The molecule has 0 fully saturated rings. The molecule has 18 heavy (non-hydrogen) atoms. The van der Waals surface area contributed by atoms with E-state index in [1.807, 2.05) is 26.0 Å². The van der Waals surface area contributed by atoms with Crippen LogP contribution in [0.2, 0.25) is 0 Å². The molecule has 0 aromatic carbocycles. The van der Waals surface area contributed by atoms with Gasteiger partial charge in [0.2, 0.25) is 0 Å². The minimum atomic E-state index is -0.192. The molecular weight excluding hydrogens is 234 g/mol. The summed E-state index contributed by atoms with van der Waals surface area (Å²) in [5.41, 5.74) is 0.822. The third-order valence-corrected chi connectivity index (χ3v) is 2.51. The summed E-state index contributed by atoms with van der Waals surface area (Å²) in [6, 6.07) is 3.66. The fraction of sp³-hybridized carbons (Fsp3) is 0.417. The molecule has 0 saturated carbocycles. The van der Waals surface area contributed by atoms with Crippen LogP contribution < -0.4 is 4.74 Å². The van der Waals surface area contributed by atoms with Gasteiger partial charge in [-0.2, -0.15) is 4.98 Å². The Labute approximate surface area is 105 Å². The number of methoxy groups -OCH3 is 1. The van der Waals surface area contributed by atoms with Crippen molar-refractivity contribution in [2.45, 2.75) is 26.6 Å². The highest BCUT2D eigenvalue weighted by Gasteiger charge is 2.13.